The van der Waals surface area contributed by atoms with E-state index in [1.165, 1.54) is 24.4 Å². The van der Waals surface area contributed by atoms with Gasteiger partial charge in [0.05, 0.1) is 0 Å². The van der Waals surface area contributed by atoms with Gasteiger partial charge in [-0.25, -0.2) is 0 Å². The summed E-state index contributed by atoms with van der Waals surface area (Å²) in [7, 11) is 0. The van der Waals surface area contributed by atoms with E-state index in [0.29, 0.717) is 6.04 Å². The van der Waals surface area contributed by atoms with Crippen LogP contribution in [0.4, 0.5) is 5.00 Å². The van der Waals surface area contributed by atoms with Crippen molar-refractivity contribution in [2.75, 3.05) is 5.32 Å². The summed E-state index contributed by atoms with van der Waals surface area (Å²) in [6, 6.07) is 2.23. The molecule has 0 aliphatic heterocycles. The molecule has 0 spiro atoms. The van der Waals surface area contributed by atoms with Crippen LogP contribution in [-0.4, -0.2) is 10.4 Å². The summed E-state index contributed by atoms with van der Waals surface area (Å²) in [5, 5.41) is 4.19. The molecule has 0 saturated heterocycles. The third-order valence-electron chi connectivity index (χ3n) is 1.45. The first-order valence-corrected chi connectivity index (χ1v) is 4.11. The van der Waals surface area contributed by atoms with Gasteiger partial charge in [0.15, 0.2) is 0 Å². The summed E-state index contributed by atoms with van der Waals surface area (Å²) >= 11 is 1.37. The van der Waals surface area contributed by atoms with Gasteiger partial charge in [-0.2, -0.15) is 0 Å². The number of rotatable bonds is 2. The van der Waals surface area contributed by atoms with Crippen LogP contribution in [0.15, 0.2) is 10.9 Å². The molecule has 1 aliphatic rings. The van der Waals surface area contributed by atoms with Gasteiger partial charge in [0.1, 0.15) is 5.00 Å². The summed E-state index contributed by atoms with van der Waals surface area (Å²) in [5.41, 5.74) is -0.00634. The molecule has 1 fully saturated rings. The lowest BCUT2D eigenvalue weighted by atomic mass is 10.6. The fourth-order valence-corrected chi connectivity index (χ4v) is 1.44. The van der Waals surface area contributed by atoms with Gasteiger partial charge >= 0.3 is 0 Å². The van der Waals surface area contributed by atoms with Crippen molar-refractivity contribution in [3.63, 3.8) is 0 Å². The number of aromatic amines is 1. The van der Waals surface area contributed by atoms with Gasteiger partial charge in [0.2, 0.25) is 0 Å². The maximum atomic E-state index is 10.6. The molecular weight excluding hydrogens is 148 g/mol. The van der Waals surface area contributed by atoms with Gasteiger partial charge in [-0.15, -0.1) is 0 Å². The highest BCUT2D eigenvalue weighted by atomic mass is 32.1. The third-order valence-corrected chi connectivity index (χ3v) is 2.21. The highest BCUT2D eigenvalue weighted by Crippen LogP contribution is 2.25. The molecule has 0 aromatic carbocycles. The van der Waals surface area contributed by atoms with E-state index < -0.39 is 0 Å². The smallest absolute Gasteiger partial charge is 0.260 e. The largest absolute Gasteiger partial charge is 0.373 e. The summed E-state index contributed by atoms with van der Waals surface area (Å²) < 4.78 is 2.63. The number of hydrogen-bond donors (Lipinski definition) is 2. The van der Waals surface area contributed by atoms with Gasteiger partial charge in [-0.05, 0) is 24.4 Å². The quantitative estimate of drug-likeness (QED) is 0.671. The zero-order valence-corrected chi connectivity index (χ0v) is 6.20. The molecule has 2 N–H and O–H groups in total. The number of nitrogens with one attached hydrogen (secondary N) is 2. The number of hydrogen-bond acceptors (Lipinski definition) is 3. The predicted octanol–water partition coefficient (Wildman–Crippen LogP) is 1.01. The number of anilines is 1. The summed E-state index contributed by atoms with van der Waals surface area (Å²) in [4.78, 5) is 10.6. The van der Waals surface area contributed by atoms with Crippen molar-refractivity contribution in [3.8, 4) is 0 Å². The molecular formula is C6H8N2OS. The van der Waals surface area contributed by atoms with Gasteiger partial charge in [0.25, 0.3) is 5.56 Å². The highest BCUT2D eigenvalue weighted by Gasteiger charge is 2.21. The van der Waals surface area contributed by atoms with Crippen LogP contribution in [0.1, 0.15) is 12.8 Å². The molecule has 1 aromatic heterocycles. The zero-order chi connectivity index (χ0) is 6.97. The second-order valence-corrected chi connectivity index (χ2v) is 3.34. The molecule has 0 radical (unpaired) electrons. The lowest BCUT2D eigenvalue weighted by Gasteiger charge is -1.94. The van der Waals surface area contributed by atoms with Crippen molar-refractivity contribution in [1.82, 2.24) is 4.37 Å². The molecule has 2 rings (SSSR count). The predicted molar refractivity (Wildman–Crippen MR) is 41.6 cm³/mol. The molecule has 4 heteroatoms. The lowest BCUT2D eigenvalue weighted by molar-refractivity contribution is 1.17. The van der Waals surface area contributed by atoms with Crippen LogP contribution in [0.3, 0.4) is 0 Å². The first-order chi connectivity index (χ1) is 4.84. The minimum atomic E-state index is -0.00634. The Bertz CT molecular complexity index is 273. The average Bonchev–Trinajstić information content (AvgIpc) is 2.59. The van der Waals surface area contributed by atoms with Crippen LogP contribution >= 0.6 is 11.5 Å². The van der Waals surface area contributed by atoms with E-state index in [9.17, 15) is 4.79 Å². The Morgan fingerprint density at radius 2 is 2.50 bits per heavy atom. The lowest BCUT2D eigenvalue weighted by Crippen LogP contribution is -1.99. The topological polar surface area (TPSA) is 44.9 Å². The molecule has 0 amide bonds. The molecule has 3 nitrogen and oxygen atoms in total. The SMILES string of the molecule is O=c1cc(NC2CC2)s[nH]1. The van der Waals surface area contributed by atoms with Gasteiger partial charge < -0.3 is 5.32 Å². The standard InChI is InChI=1S/C6H8N2OS/c9-5-3-6(10-8-5)7-4-1-2-4/h3-4,7H,1-2H2,(H,8,9). The van der Waals surface area contributed by atoms with E-state index >= 15 is 0 Å². The maximum Gasteiger partial charge on any atom is 0.260 e. The van der Waals surface area contributed by atoms with Crippen molar-refractivity contribution >= 4 is 16.5 Å². The van der Waals surface area contributed by atoms with E-state index in [1.807, 2.05) is 0 Å². The fourth-order valence-electron chi connectivity index (χ4n) is 0.783. The summed E-state index contributed by atoms with van der Waals surface area (Å²) in [5.74, 6) is 0. The number of H-pyrrole nitrogens is 1. The Balaban J connectivity index is 2.10. The van der Waals surface area contributed by atoms with Crippen molar-refractivity contribution in [1.29, 1.82) is 0 Å². The molecule has 0 bridgehead atoms. The Labute approximate surface area is 62.2 Å². The van der Waals surface area contributed by atoms with Crippen molar-refractivity contribution in [3.05, 3.63) is 16.4 Å². The van der Waals surface area contributed by atoms with Gasteiger partial charge in [0, 0.05) is 12.1 Å². The molecule has 0 unspecified atom stereocenters. The minimum Gasteiger partial charge on any atom is -0.373 e. The Kier molecular flexibility index (Phi) is 1.27. The van der Waals surface area contributed by atoms with Gasteiger partial charge in [-0.1, -0.05) is 0 Å². The third kappa shape index (κ3) is 1.21. The zero-order valence-electron chi connectivity index (χ0n) is 5.39. The maximum absolute atomic E-state index is 10.6. The second-order valence-electron chi connectivity index (χ2n) is 2.50. The second kappa shape index (κ2) is 2.12. The molecule has 0 atom stereocenters. The molecule has 10 heavy (non-hydrogen) atoms. The highest BCUT2D eigenvalue weighted by molar-refractivity contribution is 7.10. The van der Waals surface area contributed by atoms with Crippen LogP contribution in [0.2, 0.25) is 0 Å². The van der Waals surface area contributed by atoms with Crippen LogP contribution < -0.4 is 10.9 Å². The van der Waals surface area contributed by atoms with E-state index in [2.05, 4.69) is 9.69 Å². The van der Waals surface area contributed by atoms with Crippen LogP contribution in [0.5, 0.6) is 0 Å². The molecule has 1 heterocycles. The average molecular weight is 156 g/mol. The summed E-state index contributed by atoms with van der Waals surface area (Å²) in [6.45, 7) is 0. The van der Waals surface area contributed by atoms with E-state index in [4.69, 9.17) is 0 Å². The van der Waals surface area contributed by atoms with Crippen LogP contribution in [-0.2, 0) is 0 Å². The van der Waals surface area contributed by atoms with E-state index in [1.54, 1.807) is 6.07 Å². The normalized spacial score (nSPS) is 17.2. The molecule has 1 aliphatic carbocycles. The monoisotopic (exact) mass is 156 g/mol. The van der Waals surface area contributed by atoms with Crippen LogP contribution in [0, 0.1) is 0 Å². The molecule has 1 saturated carbocycles. The van der Waals surface area contributed by atoms with Gasteiger partial charge in [-0.3, -0.25) is 9.17 Å². The Morgan fingerprint density at radius 1 is 1.70 bits per heavy atom. The Morgan fingerprint density at radius 3 is 3.00 bits per heavy atom. The fraction of sp³-hybridized carbons (Fsp3) is 0.500. The minimum absolute atomic E-state index is 0.00634. The van der Waals surface area contributed by atoms with Crippen molar-refractivity contribution in [2.24, 2.45) is 0 Å². The number of aromatic nitrogens is 1. The molecule has 1 aromatic rings. The molecule has 54 valence electrons. The van der Waals surface area contributed by atoms with Crippen LogP contribution in [0.25, 0.3) is 0 Å². The van der Waals surface area contributed by atoms with Crippen molar-refractivity contribution in [2.45, 2.75) is 18.9 Å². The first-order valence-electron chi connectivity index (χ1n) is 3.29. The summed E-state index contributed by atoms with van der Waals surface area (Å²) in [6.07, 6.45) is 2.48. The van der Waals surface area contributed by atoms with E-state index in [0.717, 1.165) is 5.00 Å². The Hall–Kier alpha value is -0.770. The first kappa shape index (κ1) is 5.97. The van der Waals surface area contributed by atoms with Crippen molar-refractivity contribution < 1.29 is 0 Å². The van der Waals surface area contributed by atoms with E-state index in [-0.39, 0.29) is 5.56 Å².